The van der Waals surface area contributed by atoms with Gasteiger partial charge in [-0.3, -0.25) is 0 Å². The average molecular weight is 377 g/mol. The fraction of sp³-hybridized carbons (Fsp3) is 0.200. The van der Waals surface area contributed by atoms with E-state index in [9.17, 15) is 4.39 Å². The molecule has 0 heterocycles. The summed E-state index contributed by atoms with van der Waals surface area (Å²) >= 11 is 15.7. The first kappa shape index (κ1) is 15.8. The van der Waals surface area contributed by atoms with E-state index in [1.807, 2.05) is 25.2 Å². The minimum atomic E-state index is -0.302. The zero-order chi connectivity index (χ0) is 14.9. The van der Waals surface area contributed by atoms with Gasteiger partial charge >= 0.3 is 0 Å². The lowest BCUT2D eigenvalue weighted by atomic mass is 9.97. The molecule has 106 valence electrons. The highest BCUT2D eigenvalue weighted by molar-refractivity contribution is 9.10. The van der Waals surface area contributed by atoms with Crippen LogP contribution >= 0.6 is 39.1 Å². The third-order valence-corrected chi connectivity index (χ3v) is 4.40. The third kappa shape index (κ3) is 3.17. The second-order valence-electron chi connectivity index (χ2n) is 4.51. The fourth-order valence-corrected chi connectivity index (χ4v) is 3.29. The monoisotopic (exact) mass is 375 g/mol. The molecule has 0 bridgehead atoms. The Balaban J connectivity index is 2.55. The van der Waals surface area contributed by atoms with Gasteiger partial charge in [0.05, 0.1) is 6.04 Å². The zero-order valence-corrected chi connectivity index (χ0v) is 14.1. The van der Waals surface area contributed by atoms with Crippen molar-refractivity contribution in [3.05, 3.63) is 67.4 Å². The van der Waals surface area contributed by atoms with E-state index in [1.165, 1.54) is 6.07 Å². The second kappa shape index (κ2) is 6.44. The van der Waals surface area contributed by atoms with Gasteiger partial charge in [-0.05, 0) is 54.9 Å². The van der Waals surface area contributed by atoms with E-state index in [4.69, 9.17) is 23.2 Å². The molecule has 1 N–H and O–H groups in total. The number of benzene rings is 2. The molecule has 0 amide bonds. The van der Waals surface area contributed by atoms with Gasteiger partial charge in [-0.1, -0.05) is 45.2 Å². The van der Waals surface area contributed by atoms with Gasteiger partial charge in [0, 0.05) is 14.5 Å². The van der Waals surface area contributed by atoms with Gasteiger partial charge in [0.15, 0.2) is 0 Å². The minimum absolute atomic E-state index is 0.145. The Hall–Kier alpha value is -0.610. The van der Waals surface area contributed by atoms with E-state index < -0.39 is 0 Å². The van der Waals surface area contributed by atoms with Crippen LogP contribution in [0.15, 0.2) is 34.8 Å². The van der Waals surface area contributed by atoms with Gasteiger partial charge in [-0.25, -0.2) is 4.39 Å². The van der Waals surface area contributed by atoms with Crippen LogP contribution in [0.5, 0.6) is 0 Å². The molecule has 0 aliphatic carbocycles. The van der Waals surface area contributed by atoms with E-state index in [0.29, 0.717) is 15.6 Å². The molecule has 2 aromatic rings. The van der Waals surface area contributed by atoms with Gasteiger partial charge in [-0.15, -0.1) is 0 Å². The van der Waals surface area contributed by atoms with Crippen LogP contribution in [0.3, 0.4) is 0 Å². The highest BCUT2D eigenvalue weighted by atomic mass is 79.9. The Morgan fingerprint density at radius 3 is 2.45 bits per heavy atom. The molecule has 0 radical (unpaired) electrons. The van der Waals surface area contributed by atoms with Gasteiger partial charge in [0.25, 0.3) is 0 Å². The van der Waals surface area contributed by atoms with Gasteiger partial charge in [0.1, 0.15) is 5.82 Å². The van der Waals surface area contributed by atoms with Crippen molar-refractivity contribution in [3.63, 3.8) is 0 Å². The molecule has 2 aromatic carbocycles. The summed E-state index contributed by atoms with van der Waals surface area (Å²) in [7, 11) is 1.83. The maximum atomic E-state index is 13.5. The van der Waals surface area contributed by atoms with Crippen molar-refractivity contribution in [1.29, 1.82) is 0 Å². The van der Waals surface area contributed by atoms with Crippen LogP contribution in [-0.4, -0.2) is 7.05 Å². The topological polar surface area (TPSA) is 12.0 Å². The molecule has 5 heteroatoms. The summed E-state index contributed by atoms with van der Waals surface area (Å²) < 4.78 is 14.4. The molecule has 20 heavy (non-hydrogen) atoms. The molecule has 0 aromatic heterocycles. The predicted molar refractivity (Wildman–Crippen MR) is 86.2 cm³/mol. The highest BCUT2D eigenvalue weighted by Gasteiger charge is 2.19. The molecule has 2 rings (SSSR count). The SMILES string of the molecule is CNC(c1cc(C)c(F)cc1Cl)c1ccc(Cl)cc1Br. The second-order valence-corrected chi connectivity index (χ2v) is 6.21. The summed E-state index contributed by atoms with van der Waals surface area (Å²) in [6.45, 7) is 1.72. The maximum absolute atomic E-state index is 13.5. The molecular formula is C15H13BrCl2FN. The Morgan fingerprint density at radius 2 is 1.85 bits per heavy atom. The highest BCUT2D eigenvalue weighted by Crippen LogP contribution is 2.34. The quantitative estimate of drug-likeness (QED) is 0.744. The lowest BCUT2D eigenvalue weighted by molar-refractivity contribution is 0.614. The summed E-state index contributed by atoms with van der Waals surface area (Å²) in [5.41, 5.74) is 2.38. The first-order valence-corrected chi connectivity index (χ1v) is 7.56. The van der Waals surface area contributed by atoms with Gasteiger partial charge in [-0.2, -0.15) is 0 Å². The predicted octanol–water partition coefficient (Wildman–Crippen LogP) is 5.51. The number of aryl methyl sites for hydroxylation is 1. The Bertz CT molecular complexity index is 646. The van der Waals surface area contributed by atoms with Crippen LogP contribution in [0.25, 0.3) is 0 Å². The summed E-state index contributed by atoms with van der Waals surface area (Å²) in [4.78, 5) is 0. The average Bonchev–Trinajstić information content (AvgIpc) is 2.38. The molecule has 1 atom stereocenters. The smallest absolute Gasteiger partial charge is 0.127 e. The first-order chi connectivity index (χ1) is 9.43. The van der Waals surface area contributed by atoms with Crippen molar-refractivity contribution in [3.8, 4) is 0 Å². The van der Waals surface area contributed by atoms with Crippen molar-refractivity contribution >= 4 is 39.1 Å². The Labute approximate surface area is 136 Å². The van der Waals surface area contributed by atoms with Crippen molar-refractivity contribution in [2.45, 2.75) is 13.0 Å². The number of halogens is 4. The van der Waals surface area contributed by atoms with Crippen LogP contribution in [0.2, 0.25) is 10.0 Å². The van der Waals surface area contributed by atoms with Crippen LogP contribution in [0.4, 0.5) is 4.39 Å². The van der Waals surface area contributed by atoms with E-state index in [0.717, 1.165) is 15.6 Å². The number of rotatable bonds is 3. The molecule has 1 unspecified atom stereocenters. The van der Waals surface area contributed by atoms with E-state index in [1.54, 1.807) is 13.0 Å². The van der Waals surface area contributed by atoms with Crippen molar-refractivity contribution in [1.82, 2.24) is 5.32 Å². The van der Waals surface area contributed by atoms with Gasteiger partial charge in [0.2, 0.25) is 0 Å². The zero-order valence-electron chi connectivity index (χ0n) is 11.0. The number of hydrogen-bond donors (Lipinski definition) is 1. The van der Waals surface area contributed by atoms with Crippen molar-refractivity contribution in [2.75, 3.05) is 7.05 Å². The fourth-order valence-electron chi connectivity index (χ4n) is 2.11. The number of hydrogen-bond acceptors (Lipinski definition) is 1. The molecule has 0 saturated carbocycles. The first-order valence-electron chi connectivity index (χ1n) is 6.01. The van der Waals surface area contributed by atoms with E-state index in [-0.39, 0.29) is 11.9 Å². The molecule has 0 saturated heterocycles. The van der Waals surface area contributed by atoms with E-state index in [2.05, 4.69) is 21.2 Å². The van der Waals surface area contributed by atoms with E-state index >= 15 is 0 Å². The lowest BCUT2D eigenvalue weighted by Crippen LogP contribution is -2.19. The van der Waals surface area contributed by atoms with Crippen LogP contribution in [0.1, 0.15) is 22.7 Å². The Kier molecular flexibility index (Phi) is 5.08. The molecule has 0 spiro atoms. The molecular weight excluding hydrogens is 364 g/mol. The van der Waals surface area contributed by atoms with Crippen molar-refractivity contribution < 1.29 is 4.39 Å². The van der Waals surface area contributed by atoms with Crippen LogP contribution in [-0.2, 0) is 0 Å². The van der Waals surface area contributed by atoms with Crippen LogP contribution < -0.4 is 5.32 Å². The maximum Gasteiger partial charge on any atom is 0.127 e. The largest absolute Gasteiger partial charge is 0.309 e. The Morgan fingerprint density at radius 1 is 1.15 bits per heavy atom. The standard InChI is InChI=1S/C15H13BrCl2FN/c1-8-5-11(13(18)7-14(8)19)15(20-2)10-4-3-9(17)6-12(10)16/h3-7,15,20H,1-2H3. The summed E-state index contributed by atoms with van der Waals surface area (Å²) in [5.74, 6) is -0.302. The normalized spacial score (nSPS) is 12.5. The third-order valence-electron chi connectivity index (χ3n) is 3.15. The lowest BCUT2D eigenvalue weighted by Gasteiger charge is -2.21. The molecule has 0 fully saturated rings. The van der Waals surface area contributed by atoms with Crippen LogP contribution in [0, 0.1) is 12.7 Å². The number of nitrogens with one attached hydrogen (secondary N) is 1. The minimum Gasteiger partial charge on any atom is -0.309 e. The van der Waals surface area contributed by atoms with Gasteiger partial charge < -0.3 is 5.32 Å². The molecule has 0 aliphatic heterocycles. The summed E-state index contributed by atoms with van der Waals surface area (Å²) in [5, 5.41) is 4.25. The summed E-state index contributed by atoms with van der Waals surface area (Å²) in [6.07, 6.45) is 0. The molecule has 1 nitrogen and oxygen atoms in total. The summed E-state index contributed by atoms with van der Waals surface area (Å²) in [6, 6.07) is 8.53. The van der Waals surface area contributed by atoms with Crippen molar-refractivity contribution in [2.24, 2.45) is 0 Å². The molecule has 0 aliphatic rings.